The van der Waals surface area contributed by atoms with E-state index in [-0.39, 0.29) is 0 Å². The van der Waals surface area contributed by atoms with Crippen molar-refractivity contribution in [3.05, 3.63) is 70.7 Å². The van der Waals surface area contributed by atoms with E-state index in [0.29, 0.717) is 23.3 Å². The van der Waals surface area contributed by atoms with Crippen LogP contribution >= 0.6 is 15.9 Å². The zero-order valence-corrected chi connectivity index (χ0v) is 21.0. The Hall–Kier alpha value is -2.70. The van der Waals surface area contributed by atoms with Gasteiger partial charge in [0.2, 0.25) is 5.75 Å². The number of benzene rings is 3. The molecule has 3 aromatic rings. The van der Waals surface area contributed by atoms with Crippen molar-refractivity contribution >= 4 is 21.6 Å². The highest BCUT2D eigenvalue weighted by molar-refractivity contribution is 9.10. The molecule has 6 heteroatoms. The van der Waals surface area contributed by atoms with Crippen molar-refractivity contribution in [3.63, 3.8) is 0 Å². The average Bonchev–Trinajstić information content (AvgIpc) is 2.87. The van der Waals surface area contributed by atoms with Gasteiger partial charge in [-0.05, 0) is 85.1 Å². The standard InChI is InChI=1S/C27H31BrN2O3/c1-31-25-16-21(17-26(32-2)27(25)33-3)20-6-4-5-19(15-20)18-30(24-11-13-29-14-12-24)23-9-7-22(28)8-10-23/h4-10,15-17,24,29H,11-14,18H2,1-3H3. The van der Waals surface area contributed by atoms with Crippen molar-refractivity contribution in [2.45, 2.75) is 25.4 Å². The molecule has 4 rings (SSSR count). The fraction of sp³-hybridized carbons (Fsp3) is 0.333. The molecule has 5 nitrogen and oxygen atoms in total. The third-order valence-electron chi connectivity index (χ3n) is 6.19. The summed E-state index contributed by atoms with van der Waals surface area (Å²) in [6.45, 7) is 2.97. The van der Waals surface area contributed by atoms with Crippen molar-refractivity contribution in [3.8, 4) is 28.4 Å². The Morgan fingerprint density at radius 3 is 2.12 bits per heavy atom. The number of hydrogen-bond donors (Lipinski definition) is 1. The van der Waals surface area contributed by atoms with Crippen LogP contribution in [-0.2, 0) is 6.54 Å². The Kier molecular flexibility index (Phi) is 7.78. The number of nitrogens with zero attached hydrogens (tertiary/aromatic N) is 1. The van der Waals surface area contributed by atoms with Crippen LogP contribution in [0.2, 0.25) is 0 Å². The van der Waals surface area contributed by atoms with Crippen LogP contribution in [0.15, 0.2) is 65.1 Å². The largest absolute Gasteiger partial charge is 0.493 e. The molecule has 0 unspecified atom stereocenters. The molecule has 0 spiro atoms. The van der Waals surface area contributed by atoms with Crippen LogP contribution in [0.1, 0.15) is 18.4 Å². The smallest absolute Gasteiger partial charge is 0.203 e. The van der Waals surface area contributed by atoms with E-state index in [2.05, 4.69) is 74.7 Å². The molecule has 33 heavy (non-hydrogen) atoms. The molecule has 0 aliphatic carbocycles. The summed E-state index contributed by atoms with van der Waals surface area (Å²) >= 11 is 3.57. The van der Waals surface area contributed by atoms with Crippen molar-refractivity contribution in [2.75, 3.05) is 39.3 Å². The van der Waals surface area contributed by atoms with Gasteiger partial charge in [0.1, 0.15) is 0 Å². The summed E-state index contributed by atoms with van der Waals surface area (Å²) in [5, 5.41) is 3.49. The first-order valence-corrected chi connectivity index (χ1v) is 12.0. The molecular weight excluding hydrogens is 480 g/mol. The molecule has 1 aliphatic heterocycles. The molecule has 0 bridgehead atoms. The molecule has 1 N–H and O–H groups in total. The fourth-order valence-electron chi connectivity index (χ4n) is 4.48. The molecule has 3 aromatic carbocycles. The molecule has 0 atom stereocenters. The lowest BCUT2D eigenvalue weighted by Crippen LogP contribution is -2.43. The zero-order chi connectivity index (χ0) is 23.2. The molecule has 1 aliphatic rings. The Morgan fingerprint density at radius 1 is 0.848 bits per heavy atom. The maximum absolute atomic E-state index is 5.56. The highest BCUT2D eigenvalue weighted by Crippen LogP contribution is 2.41. The molecule has 1 saturated heterocycles. The van der Waals surface area contributed by atoms with E-state index in [4.69, 9.17) is 14.2 Å². The number of piperidine rings is 1. The van der Waals surface area contributed by atoms with Crippen molar-refractivity contribution in [2.24, 2.45) is 0 Å². The molecular formula is C27H31BrN2O3. The Balaban J connectivity index is 1.66. The predicted molar refractivity (Wildman–Crippen MR) is 138 cm³/mol. The Morgan fingerprint density at radius 2 is 1.52 bits per heavy atom. The third kappa shape index (κ3) is 5.45. The van der Waals surface area contributed by atoms with E-state index in [1.165, 1.54) is 11.3 Å². The van der Waals surface area contributed by atoms with E-state index in [0.717, 1.165) is 48.1 Å². The topological polar surface area (TPSA) is 43.0 Å². The molecule has 0 amide bonds. The average molecular weight is 511 g/mol. The van der Waals surface area contributed by atoms with Crippen LogP contribution < -0.4 is 24.4 Å². The maximum Gasteiger partial charge on any atom is 0.203 e. The van der Waals surface area contributed by atoms with E-state index >= 15 is 0 Å². The lowest BCUT2D eigenvalue weighted by molar-refractivity contribution is 0.324. The molecule has 0 aromatic heterocycles. The normalized spacial score (nSPS) is 14.1. The zero-order valence-electron chi connectivity index (χ0n) is 19.4. The van der Waals surface area contributed by atoms with Gasteiger partial charge in [0, 0.05) is 22.7 Å². The van der Waals surface area contributed by atoms with Crippen LogP contribution in [0.4, 0.5) is 5.69 Å². The van der Waals surface area contributed by atoms with Gasteiger partial charge in [-0.15, -0.1) is 0 Å². The number of ether oxygens (including phenoxy) is 3. The first-order valence-electron chi connectivity index (χ1n) is 11.2. The molecule has 0 radical (unpaired) electrons. The minimum atomic E-state index is 0.511. The summed E-state index contributed by atoms with van der Waals surface area (Å²) in [5.41, 5.74) is 4.67. The minimum Gasteiger partial charge on any atom is -0.493 e. The first-order chi connectivity index (χ1) is 16.1. The van der Waals surface area contributed by atoms with Crippen molar-refractivity contribution < 1.29 is 14.2 Å². The lowest BCUT2D eigenvalue weighted by atomic mass is 9.99. The highest BCUT2D eigenvalue weighted by atomic mass is 79.9. The summed E-state index contributed by atoms with van der Waals surface area (Å²) < 4.78 is 17.7. The van der Waals surface area contributed by atoms with Gasteiger partial charge in [0.25, 0.3) is 0 Å². The number of hydrogen-bond acceptors (Lipinski definition) is 5. The van der Waals surface area contributed by atoms with Gasteiger partial charge in [-0.25, -0.2) is 0 Å². The second-order valence-electron chi connectivity index (χ2n) is 8.20. The van der Waals surface area contributed by atoms with Crippen LogP contribution in [0, 0.1) is 0 Å². The lowest BCUT2D eigenvalue weighted by Gasteiger charge is -2.36. The van der Waals surface area contributed by atoms with Crippen molar-refractivity contribution in [1.29, 1.82) is 0 Å². The number of nitrogens with one attached hydrogen (secondary N) is 1. The van der Waals surface area contributed by atoms with Gasteiger partial charge in [-0.1, -0.05) is 34.1 Å². The summed E-state index contributed by atoms with van der Waals surface area (Å²) in [5.74, 6) is 1.92. The van der Waals surface area contributed by atoms with Gasteiger partial charge in [-0.2, -0.15) is 0 Å². The summed E-state index contributed by atoms with van der Waals surface area (Å²) in [4.78, 5) is 2.54. The van der Waals surface area contributed by atoms with E-state index in [1.54, 1.807) is 21.3 Å². The summed E-state index contributed by atoms with van der Waals surface area (Å²) in [7, 11) is 4.91. The van der Waals surface area contributed by atoms with Crippen LogP contribution in [0.5, 0.6) is 17.2 Å². The number of methoxy groups -OCH3 is 3. The van der Waals surface area contributed by atoms with Crippen LogP contribution in [0.25, 0.3) is 11.1 Å². The van der Waals surface area contributed by atoms with Crippen LogP contribution in [-0.4, -0.2) is 40.5 Å². The molecule has 1 heterocycles. The maximum atomic E-state index is 5.56. The quantitative estimate of drug-likeness (QED) is 0.408. The van der Waals surface area contributed by atoms with Gasteiger partial charge in [0.05, 0.1) is 21.3 Å². The van der Waals surface area contributed by atoms with Gasteiger partial charge in [-0.3, -0.25) is 0 Å². The van der Waals surface area contributed by atoms with Gasteiger partial charge < -0.3 is 24.4 Å². The SMILES string of the molecule is COc1cc(-c2cccc(CN(c3ccc(Br)cc3)C3CCNCC3)c2)cc(OC)c1OC. The number of rotatable bonds is 8. The van der Waals surface area contributed by atoms with Crippen LogP contribution in [0.3, 0.4) is 0 Å². The number of halogens is 1. The monoisotopic (exact) mass is 510 g/mol. The van der Waals surface area contributed by atoms with E-state index in [1.807, 2.05) is 12.1 Å². The number of anilines is 1. The Bertz CT molecular complexity index is 1040. The third-order valence-corrected chi connectivity index (χ3v) is 6.71. The first kappa shape index (κ1) is 23.5. The second kappa shape index (κ2) is 10.9. The van der Waals surface area contributed by atoms with Crippen molar-refractivity contribution in [1.82, 2.24) is 5.32 Å². The highest BCUT2D eigenvalue weighted by Gasteiger charge is 2.22. The van der Waals surface area contributed by atoms with Gasteiger partial charge >= 0.3 is 0 Å². The second-order valence-corrected chi connectivity index (χ2v) is 9.12. The summed E-state index contributed by atoms with van der Waals surface area (Å²) in [6.07, 6.45) is 2.28. The minimum absolute atomic E-state index is 0.511. The fourth-order valence-corrected chi connectivity index (χ4v) is 4.74. The molecule has 1 fully saturated rings. The van der Waals surface area contributed by atoms with E-state index in [9.17, 15) is 0 Å². The van der Waals surface area contributed by atoms with Gasteiger partial charge in [0.15, 0.2) is 11.5 Å². The van der Waals surface area contributed by atoms with E-state index < -0.39 is 0 Å². The predicted octanol–water partition coefficient (Wildman–Crippen LogP) is 5.90. The molecule has 174 valence electrons. The molecule has 0 saturated carbocycles. The summed E-state index contributed by atoms with van der Waals surface area (Å²) in [6, 6.07) is 21.9. The Labute approximate surface area is 204 Å².